The van der Waals surface area contributed by atoms with Crippen molar-refractivity contribution in [2.75, 3.05) is 16.8 Å². The lowest BCUT2D eigenvalue weighted by atomic mass is 9.99. The minimum atomic E-state index is -0.555. The molecule has 1 N–H and O–H groups in total. The summed E-state index contributed by atoms with van der Waals surface area (Å²) in [5.74, 6) is -1.03. The average molecular weight is 466 g/mol. The smallest absolute Gasteiger partial charge is 0.283 e. The van der Waals surface area contributed by atoms with Gasteiger partial charge in [-0.1, -0.05) is 30.7 Å². The van der Waals surface area contributed by atoms with Crippen LogP contribution in [0.25, 0.3) is 0 Å². The van der Waals surface area contributed by atoms with Gasteiger partial charge in [-0.3, -0.25) is 14.4 Å². The highest BCUT2D eigenvalue weighted by atomic mass is 35.5. The molecule has 3 amide bonds. The molecule has 2 aliphatic heterocycles. The molecule has 0 aliphatic carbocycles. The highest BCUT2D eigenvalue weighted by Gasteiger charge is 2.39. The van der Waals surface area contributed by atoms with Gasteiger partial charge in [-0.05, 0) is 81.0 Å². The monoisotopic (exact) mass is 465 g/mol. The molecule has 1 saturated heterocycles. The number of piperidine rings is 1. The first-order valence-corrected chi connectivity index (χ1v) is 11.7. The number of nitrogens with one attached hydrogen (secondary N) is 1. The second kappa shape index (κ2) is 9.40. The maximum absolute atomic E-state index is 13.1. The zero-order valence-electron chi connectivity index (χ0n) is 19.2. The van der Waals surface area contributed by atoms with Crippen molar-refractivity contribution in [1.82, 2.24) is 4.90 Å². The molecule has 0 bridgehead atoms. The maximum atomic E-state index is 13.1. The molecule has 172 valence electrons. The van der Waals surface area contributed by atoms with Crippen molar-refractivity contribution in [3.05, 3.63) is 69.9 Å². The van der Waals surface area contributed by atoms with Gasteiger partial charge in [-0.25, -0.2) is 4.90 Å². The summed E-state index contributed by atoms with van der Waals surface area (Å²) in [5, 5.41) is 2.83. The molecule has 2 aliphatic rings. The van der Waals surface area contributed by atoms with Crippen LogP contribution in [0.15, 0.2) is 53.2 Å². The summed E-state index contributed by atoms with van der Waals surface area (Å²) in [4.78, 5) is 41.9. The molecule has 4 rings (SSSR count). The van der Waals surface area contributed by atoms with E-state index >= 15 is 0 Å². The molecule has 33 heavy (non-hydrogen) atoms. The van der Waals surface area contributed by atoms with Crippen molar-refractivity contribution in [2.24, 2.45) is 0 Å². The number of benzene rings is 2. The predicted octanol–water partition coefficient (Wildman–Crippen LogP) is 5.14. The van der Waals surface area contributed by atoms with Crippen LogP contribution in [0.2, 0.25) is 0 Å². The summed E-state index contributed by atoms with van der Waals surface area (Å²) in [7, 11) is 0. The van der Waals surface area contributed by atoms with Crippen molar-refractivity contribution < 1.29 is 14.4 Å². The lowest BCUT2D eigenvalue weighted by molar-refractivity contribution is -0.120. The van der Waals surface area contributed by atoms with Crippen LogP contribution >= 0.6 is 11.6 Å². The summed E-state index contributed by atoms with van der Waals surface area (Å²) in [6, 6.07) is 12.8. The van der Waals surface area contributed by atoms with Gasteiger partial charge in [0, 0.05) is 23.8 Å². The van der Waals surface area contributed by atoms with Gasteiger partial charge in [0.2, 0.25) is 0 Å². The molecule has 2 aromatic carbocycles. The Morgan fingerprint density at radius 1 is 1.06 bits per heavy atom. The maximum Gasteiger partial charge on any atom is 0.283 e. The van der Waals surface area contributed by atoms with Crippen LogP contribution in [0.1, 0.15) is 54.1 Å². The van der Waals surface area contributed by atoms with Crippen LogP contribution in [0.5, 0.6) is 0 Å². The topological polar surface area (TPSA) is 69.7 Å². The van der Waals surface area contributed by atoms with E-state index in [1.165, 1.54) is 0 Å². The molecule has 0 aromatic heterocycles. The third-order valence-electron chi connectivity index (χ3n) is 6.39. The quantitative estimate of drug-likeness (QED) is 0.620. The summed E-state index contributed by atoms with van der Waals surface area (Å²) < 4.78 is 0. The molecule has 0 spiro atoms. The van der Waals surface area contributed by atoms with E-state index in [2.05, 4.69) is 12.2 Å². The SMILES string of the molecule is CCC1CCCCN1C(=O)c1ccc(NC2=C(Cl)C(=O)N(c3cc(C)ccc3C)C2=O)cc1. The van der Waals surface area contributed by atoms with E-state index in [4.69, 9.17) is 11.6 Å². The number of hydrogen-bond donors (Lipinski definition) is 1. The summed E-state index contributed by atoms with van der Waals surface area (Å²) in [6.45, 7) is 6.64. The van der Waals surface area contributed by atoms with Gasteiger partial charge in [-0.2, -0.15) is 0 Å². The number of carbonyl (C=O) groups excluding carboxylic acids is 3. The Morgan fingerprint density at radius 3 is 2.48 bits per heavy atom. The Morgan fingerprint density at radius 2 is 1.79 bits per heavy atom. The first-order chi connectivity index (χ1) is 15.8. The normalized spacial score (nSPS) is 18.8. The molecule has 2 aromatic rings. The van der Waals surface area contributed by atoms with Crippen LogP contribution < -0.4 is 10.2 Å². The molecular formula is C26H28ClN3O3. The van der Waals surface area contributed by atoms with E-state index in [-0.39, 0.29) is 22.7 Å². The van der Waals surface area contributed by atoms with Crippen LogP contribution in [-0.2, 0) is 9.59 Å². The number of likely N-dealkylation sites (tertiary alicyclic amines) is 1. The number of halogens is 1. The van der Waals surface area contributed by atoms with Crippen LogP contribution in [-0.4, -0.2) is 35.2 Å². The van der Waals surface area contributed by atoms with Gasteiger partial charge < -0.3 is 10.2 Å². The zero-order chi connectivity index (χ0) is 23.7. The first kappa shape index (κ1) is 23.1. The minimum Gasteiger partial charge on any atom is -0.350 e. The Kier molecular flexibility index (Phi) is 6.56. The van der Waals surface area contributed by atoms with Crippen molar-refractivity contribution in [2.45, 2.75) is 52.5 Å². The minimum absolute atomic E-state index is 0.0265. The Bertz CT molecular complexity index is 1140. The first-order valence-electron chi connectivity index (χ1n) is 11.4. The zero-order valence-corrected chi connectivity index (χ0v) is 19.9. The molecule has 1 fully saturated rings. The lowest BCUT2D eigenvalue weighted by Gasteiger charge is -2.35. The number of imide groups is 1. The van der Waals surface area contributed by atoms with E-state index in [1.807, 2.05) is 30.9 Å². The van der Waals surface area contributed by atoms with Gasteiger partial charge in [0.15, 0.2) is 0 Å². The fourth-order valence-electron chi connectivity index (χ4n) is 4.49. The second-order valence-corrected chi connectivity index (χ2v) is 9.06. The van der Waals surface area contributed by atoms with Gasteiger partial charge in [-0.15, -0.1) is 0 Å². The van der Waals surface area contributed by atoms with E-state index in [1.54, 1.807) is 30.3 Å². The number of carbonyl (C=O) groups is 3. The lowest BCUT2D eigenvalue weighted by Crippen LogP contribution is -2.43. The van der Waals surface area contributed by atoms with Gasteiger partial charge >= 0.3 is 0 Å². The van der Waals surface area contributed by atoms with Crippen LogP contribution in [0.3, 0.4) is 0 Å². The number of nitrogens with zero attached hydrogens (tertiary/aromatic N) is 2. The summed E-state index contributed by atoms with van der Waals surface area (Å²) in [5.41, 5.74) is 3.48. The van der Waals surface area contributed by atoms with Crippen molar-refractivity contribution in [3.8, 4) is 0 Å². The Labute approximate surface area is 199 Å². The van der Waals surface area contributed by atoms with E-state index in [0.717, 1.165) is 48.3 Å². The molecule has 1 atom stereocenters. The second-order valence-electron chi connectivity index (χ2n) is 8.68. The standard InChI is InChI=1S/C26H28ClN3O3/c1-4-20-7-5-6-14-29(20)24(31)18-10-12-19(13-11-18)28-23-22(27)25(32)30(26(23)33)21-15-16(2)8-9-17(21)3/h8-13,15,20,28H,4-7,14H2,1-3H3. The molecule has 7 heteroatoms. The fourth-order valence-corrected chi connectivity index (χ4v) is 4.70. The molecule has 1 unspecified atom stereocenters. The van der Waals surface area contributed by atoms with Crippen molar-refractivity contribution >= 4 is 40.7 Å². The molecular weight excluding hydrogens is 438 g/mol. The van der Waals surface area contributed by atoms with E-state index in [0.29, 0.717) is 16.9 Å². The molecule has 0 saturated carbocycles. The Hall–Kier alpha value is -3.12. The Balaban J connectivity index is 1.52. The highest BCUT2D eigenvalue weighted by Crippen LogP contribution is 2.32. The third kappa shape index (κ3) is 4.40. The average Bonchev–Trinajstić information content (AvgIpc) is 3.03. The third-order valence-corrected chi connectivity index (χ3v) is 6.74. The van der Waals surface area contributed by atoms with E-state index in [9.17, 15) is 14.4 Å². The van der Waals surface area contributed by atoms with Crippen molar-refractivity contribution in [1.29, 1.82) is 0 Å². The molecule has 0 radical (unpaired) electrons. The number of anilines is 2. The van der Waals surface area contributed by atoms with Crippen LogP contribution in [0, 0.1) is 13.8 Å². The number of rotatable bonds is 5. The highest BCUT2D eigenvalue weighted by molar-refractivity contribution is 6.53. The van der Waals surface area contributed by atoms with E-state index < -0.39 is 11.8 Å². The largest absolute Gasteiger partial charge is 0.350 e. The van der Waals surface area contributed by atoms with Crippen molar-refractivity contribution in [3.63, 3.8) is 0 Å². The summed E-state index contributed by atoms with van der Waals surface area (Å²) in [6.07, 6.45) is 4.18. The van der Waals surface area contributed by atoms with Gasteiger partial charge in [0.1, 0.15) is 10.7 Å². The summed E-state index contributed by atoms with van der Waals surface area (Å²) >= 11 is 6.27. The number of amides is 3. The van der Waals surface area contributed by atoms with Crippen LogP contribution in [0.4, 0.5) is 11.4 Å². The molecule has 6 nitrogen and oxygen atoms in total. The predicted molar refractivity (Wildman–Crippen MR) is 130 cm³/mol. The number of hydrogen-bond acceptors (Lipinski definition) is 4. The molecule has 2 heterocycles. The van der Waals surface area contributed by atoms with Gasteiger partial charge in [0.05, 0.1) is 5.69 Å². The van der Waals surface area contributed by atoms with Gasteiger partial charge in [0.25, 0.3) is 17.7 Å². The number of aryl methyl sites for hydroxylation is 2. The fraction of sp³-hybridized carbons (Fsp3) is 0.346.